The second kappa shape index (κ2) is 10.8. The Bertz CT molecular complexity index is 933. The molecule has 32 heavy (non-hydrogen) atoms. The number of carbonyl (C=O) groups is 3. The lowest BCUT2D eigenvalue weighted by atomic mass is 10.0. The van der Waals surface area contributed by atoms with Crippen LogP contribution >= 0.6 is 0 Å². The number of hydrogen-bond acceptors (Lipinski definition) is 4. The molecule has 0 spiro atoms. The van der Waals surface area contributed by atoms with Gasteiger partial charge in [0.2, 0.25) is 5.91 Å². The number of rotatable bonds is 8. The van der Waals surface area contributed by atoms with E-state index < -0.39 is 6.04 Å². The van der Waals surface area contributed by atoms with Crippen LogP contribution in [-0.2, 0) is 11.3 Å². The number of carbonyl (C=O) groups excluding carboxylic acids is 3. The van der Waals surface area contributed by atoms with Gasteiger partial charge in [0.05, 0.1) is 7.11 Å². The van der Waals surface area contributed by atoms with Crippen LogP contribution in [0.5, 0.6) is 5.75 Å². The Balaban J connectivity index is 1.56. The quantitative estimate of drug-likeness (QED) is 0.665. The van der Waals surface area contributed by atoms with Crippen LogP contribution in [0.2, 0.25) is 0 Å². The summed E-state index contributed by atoms with van der Waals surface area (Å²) in [6.45, 7) is 5.72. The SMILES string of the molecule is COc1ccc(C(=O)NC(C(=O)NCc2ccc(C(=O)N3CCCC3)cc2)C(C)C)cc1. The molecule has 1 heterocycles. The van der Waals surface area contributed by atoms with Gasteiger partial charge in [-0.15, -0.1) is 0 Å². The molecular formula is C25H31N3O4. The largest absolute Gasteiger partial charge is 0.497 e. The van der Waals surface area contributed by atoms with Gasteiger partial charge in [-0.2, -0.15) is 0 Å². The van der Waals surface area contributed by atoms with Crippen LogP contribution < -0.4 is 15.4 Å². The van der Waals surface area contributed by atoms with Crippen LogP contribution in [0, 0.1) is 5.92 Å². The van der Waals surface area contributed by atoms with Gasteiger partial charge in [-0.1, -0.05) is 26.0 Å². The molecule has 1 aliphatic heterocycles. The smallest absolute Gasteiger partial charge is 0.253 e. The fourth-order valence-corrected chi connectivity index (χ4v) is 3.67. The van der Waals surface area contributed by atoms with Crippen molar-refractivity contribution in [2.45, 2.75) is 39.3 Å². The van der Waals surface area contributed by atoms with Gasteiger partial charge in [-0.05, 0) is 60.7 Å². The third kappa shape index (κ3) is 5.87. The third-order valence-electron chi connectivity index (χ3n) is 5.65. The molecule has 2 aromatic carbocycles. The highest BCUT2D eigenvalue weighted by atomic mass is 16.5. The number of nitrogens with zero attached hydrogens (tertiary/aromatic N) is 1. The molecule has 0 radical (unpaired) electrons. The minimum Gasteiger partial charge on any atom is -0.497 e. The maximum absolute atomic E-state index is 12.8. The van der Waals surface area contributed by atoms with Crippen molar-refractivity contribution < 1.29 is 19.1 Å². The van der Waals surface area contributed by atoms with E-state index in [2.05, 4.69) is 10.6 Å². The first-order valence-corrected chi connectivity index (χ1v) is 11.0. The van der Waals surface area contributed by atoms with E-state index in [0.29, 0.717) is 23.4 Å². The Morgan fingerprint density at radius 2 is 1.53 bits per heavy atom. The number of hydrogen-bond donors (Lipinski definition) is 2. The number of nitrogens with one attached hydrogen (secondary N) is 2. The van der Waals surface area contributed by atoms with E-state index in [1.54, 1.807) is 43.5 Å². The molecule has 1 atom stereocenters. The van der Waals surface area contributed by atoms with E-state index in [9.17, 15) is 14.4 Å². The lowest BCUT2D eigenvalue weighted by Crippen LogP contribution is -2.49. The average Bonchev–Trinajstić information content (AvgIpc) is 3.35. The fraction of sp³-hybridized carbons (Fsp3) is 0.400. The molecule has 3 amide bonds. The summed E-state index contributed by atoms with van der Waals surface area (Å²) < 4.78 is 5.11. The first-order valence-electron chi connectivity index (χ1n) is 11.0. The van der Waals surface area contributed by atoms with Gasteiger partial charge in [-0.25, -0.2) is 0 Å². The number of benzene rings is 2. The summed E-state index contributed by atoms with van der Waals surface area (Å²) in [5.41, 5.74) is 2.01. The Morgan fingerprint density at radius 1 is 0.938 bits per heavy atom. The molecule has 0 aliphatic carbocycles. The molecule has 0 bridgehead atoms. The molecule has 170 valence electrons. The summed E-state index contributed by atoms with van der Waals surface area (Å²) in [5, 5.41) is 5.71. The van der Waals surface area contributed by atoms with E-state index in [4.69, 9.17) is 4.74 Å². The van der Waals surface area contributed by atoms with Crippen LogP contribution in [0.4, 0.5) is 0 Å². The predicted octanol–water partition coefficient (Wildman–Crippen LogP) is 3.00. The fourth-order valence-electron chi connectivity index (χ4n) is 3.67. The van der Waals surface area contributed by atoms with Crippen molar-refractivity contribution in [3.63, 3.8) is 0 Å². The predicted molar refractivity (Wildman–Crippen MR) is 123 cm³/mol. The molecule has 1 unspecified atom stereocenters. The Morgan fingerprint density at radius 3 is 2.09 bits per heavy atom. The lowest BCUT2D eigenvalue weighted by Gasteiger charge is -2.22. The zero-order valence-electron chi connectivity index (χ0n) is 18.9. The molecule has 2 N–H and O–H groups in total. The van der Waals surface area contributed by atoms with Crippen molar-refractivity contribution in [2.75, 3.05) is 20.2 Å². The van der Waals surface area contributed by atoms with E-state index in [0.717, 1.165) is 31.5 Å². The van der Waals surface area contributed by atoms with Crippen LogP contribution in [0.15, 0.2) is 48.5 Å². The third-order valence-corrected chi connectivity index (χ3v) is 5.65. The molecule has 3 rings (SSSR count). The van der Waals surface area contributed by atoms with Crippen molar-refractivity contribution in [2.24, 2.45) is 5.92 Å². The molecular weight excluding hydrogens is 406 g/mol. The van der Waals surface area contributed by atoms with Gasteiger partial charge in [-0.3, -0.25) is 14.4 Å². The summed E-state index contributed by atoms with van der Waals surface area (Å²) in [7, 11) is 1.56. The van der Waals surface area contributed by atoms with Crippen LogP contribution in [0.3, 0.4) is 0 Å². The molecule has 1 aliphatic rings. The van der Waals surface area contributed by atoms with Gasteiger partial charge in [0.25, 0.3) is 11.8 Å². The summed E-state index contributed by atoms with van der Waals surface area (Å²) in [4.78, 5) is 39.7. The van der Waals surface area contributed by atoms with Crippen molar-refractivity contribution in [3.8, 4) is 5.75 Å². The van der Waals surface area contributed by atoms with Crippen molar-refractivity contribution in [3.05, 3.63) is 65.2 Å². The summed E-state index contributed by atoms with van der Waals surface area (Å²) in [6, 6.07) is 13.4. The highest BCUT2D eigenvalue weighted by Crippen LogP contribution is 2.14. The number of likely N-dealkylation sites (tertiary alicyclic amines) is 1. The monoisotopic (exact) mass is 437 g/mol. The second-order valence-corrected chi connectivity index (χ2v) is 8.34. The average molecular weight is 438 g/mol. The molecule has 7 nitrogen and oxygen atoms in total. The van der Waals surface area contributed by atoms with Crippen molar-refractivity contribution in [1.82, 2.24) is 15.5 Å². The maximum Gasteiger partial charge on any atom is 0.253 e. The van der Waals surface area contributed by atoms with Crippen LogP contribution in [0.1, 0.15) is 53.0 Å². The topological polar surface area (TPSA) is 87.7 Å². The molecule has 7 heteroatoms. The van der Waals surface area contributed by atoms with Gasteiger partial charge < -0.3 is 20.3 Å². The van der Waals surface area contributed by atoms with E-state index in [1.807, 2.05) is 30.9 Å². The second-order valence-electron chi connectivity index (χ2n) is 8.34. The highest BCUT2D eigenvalue weighted by molar-refractivity contribution is 5.97. The zero-order chi connectivity index (χ0) is 23.1. The number of methoxy groups -OCH3 is 1. The van der Waals surface area contributed by atoms with Crippen LogP contribution in [0.25, 0.3) is 0 Å². The number of ether oxygens (including phenoxy) is 1. The van der Waals surface area contributed by atoms with E-state index in [-0.39, 0.29) is 23.6 Å². The first-order chi connectivity index (χ1) is 15.4. The molecule has 1 fully saturated rings. The van der Waals surface area contributed by atoms with E-state index >= 15 is 0 Å². The standard InChI is InChI=1S/C25H31N3O4/c1-17(2)22(27-23(29)19-10-12-21(32-3)13-11-19)24(30)26-16-18-6-8-20(9-7-18)25(31)28-14-4-5-15-28/h6-13,17,22H,4-5,14-16H2,1-3H3,(H,26,30)(H,27,29). The molecule has 1 saturated heterocycles. The van der Waals surface area contributed by atoms with Gasteiger partial charge in [0, 0.05) is 30.8 Å². The summed E-state index contributed by atoms with van der Waals surface area (Å²) in [5.74, 6) is 0.0649. The van der Waals surface area contributed by atoms with Gasteiger partial charge in [0.15, 0.2) is 0 Å². The Hall–Kier alpha value is -3.35. The normalized spacial score (nSPS) is 14.2. The van der Waals surface area contributed by atoms with Crippen molar-refractivity contribution in [1.29, 1.82) is 0 Å². The Kier molecular flexibility index (Phi) is 7.87. The number of amides is 3. The molecule has 2 aromatic rings. The van der Waals surface area contributed by atoms with Crippen LogP contribution in [-0.4, -0.2) is 48.9 Å². The summed E-state index contributed by atoms with van der Waals surface area (Å²) in [6.07, 6.45) is 2.11. The van der Waals surface area contributed by atoms with Gasteiger partial charge in [0.1, 0.15) is 11.8 Å². The lowest BCUT2D eigenvalue weighted by molar-refractivity contribution is -0.124. The van der Waals surface area contributed by atoms with E-state index in [1.165, 1.54) is 0 Å². The molecule has 0 aromatic heterocycles. The molecule has 0 saturated carbocycles. The minimum atomic E-state index is -0.666. The van der Waals surface area contributed by atoms with Crippen molar-refractivity contribution >= 4 is 17.7 Å². The highest BCUT2D eigenvalue weighted by Gasteiger charge is 2.24. The van der Waals surface area contributed by atoms with Gasteiger partial charge >= 0.3 is 0 Å². The minimum absolute atomic E-state index is 0.0548. The first kappa shape index (κ1) is 23.3. The zero-order valence-corrected chi connectivity index (χ0v) is 18.9. The Labute approximate surface area is 189 Å². The maximum atomic E-state index is 12.8. The summed E-state index contributed by atoms with van der Waals surface area (Å²) >= 11 is 0.